The molecule has 1 amide bonds. The zero-order chi connectivity index (χ0) is 15.1. The lowest BCUT2D eigenvalue weighted by Gasteiger charge is -2.25. The Labute approximate surface area is 118 Å². The highest BCUT2D eigenvalue weighted by Crippen LogP contribution is 2.27. The van der Waals surface area contributed by atoms with E-state index in [2.05, 4.69) is 11.7 Å². The van der Waals surface area contributed by atoms with E-state index >= 15 is 0 Å². The van der Waals surface area contributed by atoms with Crippen LogP contribution in [0.25, 0.3) is 0 Å². The fourth-order valence-electron chi connectivity index (χ4n) is 1.94. The Morgan fingerprint density at radius 3 is 2.60 bits per heavy atom. The zero-order valence-electron chi connectivity index (χ0n) is 11.9. The summed E-state index contributed by atoms with van der Waals surface area (Å²) in [6.45, 7) is 2.76. The van der Waals surface area contributed by atoms with Crippen LogP contribution in [0.3, 0.4) is 0 Å². The van der Waals surface area contributed by atoms with Crippen molar-refractivity contribution in [2.45, 2.75) is 19.8 Å². The molecule has 1 aromatic carbocycles. The number of benzene rings is 1. The molecule has 110 valence electrons. The number of hydrogen-bond acceptors (Lipinski definition) is 5. The highest BCUT2D eigenvalue weighted by molar-refractivity contribution is 5.98. The molecule has 4 N–H and O–H groups in total. The van der Waals surface area contributed by atoms with Crippen LogP contribution in [0.2, 0.25) is 0 Å². The molecule has 0 aliphatic rings. The summed E-state index contributed by atoms with van der Waals surface area (Å²) in [6, 6.07) is 5.06. The number of nitrogens with zero attached hydrogens (tertiary/aromatic N) is 1. The number of primary amides is 1. The summed E-state index contributed by atoms with van der Waals surface area (Å²) in [5, 5.41) is 0. The average molecular weight is 279 g/mol. The van der Waals surface area contributed by atoms with Gasteiger partial charge in [-0.3, -0.25) is 4.79 Å². The predicted molar refractivity (Wildman–Crippen MR) is 78.5 cm³/mol. The summed E-state index contributed by atoms with van der Waals surface area (Å²) < 4.78 is 4.68. The van der Waals surface area contributed by atoms with Crippen LogP contribution in [0, 0.1) is 0 Å². The molecule has 0 bridgehead atoms. The molecule has 0 saturated carbocycles. The Balaban J connectivity index is 3.12. The topological polar surface area (TPSA) is 98.6 Å². The molecule has 0 heterocycles. The number of amides is 1. The van der Waals surface area contributed by atoms with E-state index < -0.39 is 11.9 Å². The van der Waals surface area contributed by atoms with Crippen LogP contribution >= 0.6 is 0 Å². The fourth-order valence-corrected chi connectivity index (χ4v) is 1.94. The van der Waals surface area contributed by atoms with Gasteiger partial charge in [0.2, 0.25) is 5.91 Å². The van der Waals surface area contributed by atoms with Crippen LogP contribution < -0.4 is 16.4 Å². The fraction of sp³-hybridized carbons (Fsp3) is 0.429. The van der Waals surface area contributed by atoms with E-state index in [1.54, 1.807) is 23.1 Å². The Kier molecular flexibility index (Phi) is 5.83. The first-order chi connectivity index (χ1) is 9.51. The Bertz CT molecular complexity index is 489. The number of esters is 1. The molecular weight excluding hydrogens is 258 g/mol. The largest absolute Gasteiger partial charge is 0.465 e. The van der Waals surface area contributed by atoms with Gasteiger partial charge in [0.05, 0.1) is 30.6 Å². The third-order valence-corrected chi connectivity index (χ3v) is 2.96. The van der Waals surface area contributed by atoms with Crippen LogP contribution in [-0.4, -0.2) is 32.1 Å². The quantitative estimate of drug-likeness (QED) is 0.576. The molecule has 0 saturated heterocycles. The number of hydrogen-bond donors (Lipinski definition) is 2. The Morgan fingerprint density at radius 1 is 1.35 bits per heavy atom. The average Bonchev–Trinajstić information content (AvgIpc) is 2.42. The first-order valence-electron chi connectivity index (χ1n) is 6.51. The van der Waals surface area contributed by atoms with E-state index in [-0.39, 0.29) is 12.1 Å². The highest BCUT2D eigenvalue weighted by atomic mass is 16.5. The molecule has 0 aliphatic heterocycles. The van der Waals surface area contributed by atoms with Crippen molar-refractivity contribution in [1.29, 1.82) is 0 Å². The minimum Gasteiger partial charge on any atom is -0.465 e. The Hall–Kier alpha value is -2.24. The lowest BCUT2D eigenvalue weighted by Crippen LogP contribution is -2.35. The van der Waals surface area contributed by atoms with E-state index in [0.717, 1.165) is 12.8 Å². The molecule has 0 radical (unpaired) electrons. The van der Waals surface area contributed by atoms with Crippen molar-refractivity contribution >= 4 is 23.3 Å². The second-order valence-corrected chi connectivity index (χ2v) is 4.47. The minimum atomic E-state index is -0.501. The number of carbonyl (C=O) groups excluding carboxylic acids is 2. The van der Waals surface area contributed by atoms with E-state index in [1.165, 1.54) is 7.11 Å². The van der Waals surface area contributed by atoms with Gasteiger partial charge < -0.3 is 21.1 Å². The summed E-state index contributed by atoms with van der Waals surface area (Å²) in [5.74, 6) is -0.942. The lowest BCUT2D eigenvalue weighted by atomic mass is 10.1. The van der Waals surface area contributed by atoms with Gasteiger partial charge in [0.15, 0.2) is 0 Å². The maximum atomic E-state index is 11.6. The molecule has 1 aromatic rings. The number of para-hydroxylation sites is 1. The van der Waals surface area contributed by atoms with Crippen LogP contribution in [0.15, 0.2) is 18.2 Å². The number of rotatable bonds is 7. The van der Waals surface area contributed by atoms with Gasteiger partial charge in [-0.1, -0.05) is 19.4 Å². The van der Waals surface area contributed by atoms with Gasteiger partial charge in [-0.15, -0.1) is 0 Å². The van der Waals surface area contributed by atoms with Gasteiger partial charge in [-0.05, 0) is 18.6 Å². The van der Waals surface area contributed by atoms with Crippen LogP contribution in [-0.2, 0) is 9.53 Å². The van der Waals surface area contributed by atoms with Crippen LogP contribution in [0.4, 0.5) is 11.4 Å². The molecule has 0 aromatic heterocycles. The van der Waals surface area contributed by atoms with Crippen LogP contribution in [0.1, 0.15) is 30.1 Å². The molecule has 1 rings (SSSR count). The number of unbranched alkanes of at least 4 members (excludes halogenated alkanes) is 1. The number of ether oxygens (including phenoxy) is 1. The first-order valence-corrected chi connectivity index (χ1v) is 6.51. The standard InChI is InChI=1S/C14H21N3O3/c1-3-4-8-17(9-12(15)18)11-7-5-6-10(13(11)16)14(19)20-2/h5-7H,3-4,8-9,16H2,1-2H3,(H2,15,18). The molecular formula is C14H21N3O3. The summed E-state index contributed by atoms with van der Waals surface area (Å²) in [6.07, 6.45) is 1.88. The minimum absolute atomic E-state index is 0.0643. The van der Waals surface area contributed by atoms with Crippen molar-refractivity contribution < 1.29 is 14.3 Å². The molecule has 0 aliphatic carbocycles. The van der Waals surface area contributed by atoms with Gasteiger partial charge in [-0.25, -0.2) is 4.79 Å². The number of anilines is 2. The van der Waals surface area contributed by atoms with E-state index in [4.69, 9.17) is 11.5 Å². The molecule has 6 heteroatoms. The molecule has 0 spiro atoms. The number of carbonyl (C=O) groups is 2. The van der Waals surface area contributed by atoms with Gasteiger partial charge in [0.1, 0.15) is 0 Å². The zero-order valence-corrected chi connectivity index (χ0v) is 11.9. The second kappa shape index (κ2) is 7.37. The van der Waals surface area contributed by atoms with Crippen molar-refractivity contribution in [1.82, 2.24) is 0 Å². The third-order valence-electron chi connectivity index (χ3n) is 2.96. The van der Waals surface area contributed by atoms with Crippen molar-refractivity contribution in [3.05, 3.63) is 23.8 Å². The maximum absolute atomic E-state index is 11.6. The molecule has 0 atom stereocenters. The number of nitrogens with two attached hydrogens (primary N) is 2. The van der Waals surface area contributed by atoms with E-state index in [0.29, 0.717) is 17.9 Å². The SMILES string of the molecule is CCCCN(CC(N)=O)c1cccc(C(=O)OC)c1N. The van der Waals surface area contributed by atoms with Gasteiger partial charge in [0, 0.05) is 6.54 Å². The lowest BCUT2D eigenvalue weighted by molar-refractivity contribution is -0.116. The molecule has 0 unspecified atom stereocenters. The maximum Gasteiger partial charge on any atom is 0.340 e. The van der Waals surface area contributed by atoms with Crippen molar-refractivity contribution in [2.75, 3.05) is 30.8 Å². The monoisotopic (exact) mass is 279 g/mol. The smallest absolute Gasteiger partial charge is 0.340 e. The van der Waals surface area contributed by atoms with E-state index in [1.807, 2.05) is 0 Å². The summed E-state index contributed by atoms with van der Waals surface area (Å²) in [7, 11) is 1.30. The van der Waals surface area contributed by atoms with E-state index in [9.17, 15) is 9.59 Å². The van der Waals surface area contributed by atoms with Gasteiger partial charge >= 0.3 is 5.97 Å². The highest BCUT2D eigenvalue weighted by Gasteiger charge is 2.17. The van der Waals surface area contributed by atoms with Crippen LogP contribution in [0.5, 0.6) is 0 Å². The molecule has 20 heavy (non-hydrogen) atoms. The van der Waals surface area contributed by atoms with Gasteiger partial charge in [0.25, 0.3) is 0 Å². The molecule has 6 nitrogen and oxygen atoms in total. The summed E-state index contributed by atoms with van der Waals surface area (Å²) in [4.78, 5) is 24.6. The first kappa shape index (κ1) is 15.8. The van der Waals surface area contributed by atoms with Gasteiger partial charge in [-0.2, -0.15) is 0 Å². The number of methoxy groups -OCH3 is 1. The Morgan fingerprint density at radius 2 is 2.05 bits per heavy atom. The number of nitrogen functional groups attached to an aromatic ring is 1. The normalized spacial score (nSPS) is 10.1. The summed E-state index contributed by atoms with van der Waals surface area (Å²) in [5.41, 5.74) is 12.5. The van der Waals surface area contributed by atoms with Crippen molar-refractivity contribution in [3.8, 4) is 0 Å². The van der Waals surface area contributed by atoms with Crippen molar-refractivity contribution in [2.24, 2.45) is 5.73 Å². The predicted octanol–water partition coefficient (Wildman–Crippen LogP) is 1.15. The third kappa shape index (κ3) is 3.88. The summed E-state index contributed by atoms with van der Waals surface area (Å²) >= 11 is 0. The molecule has 0 fully saturated rings. The second-order valence-electron chi connectivity index (χ2n) is 4.47. The van der Waals surface area contributed by atoms with Crippen molar-refractivity contribution in [3.63, 3.8) is 0 Å².